The molecular weight excluding hydrogens is 409 g/mol. The molecule has 2 aliphatic rings. The zero-order chi connectivity index (χ0) is 22.9. The first-order valence-corrected chi connectivity index (χ1v) is 11.3. The van der Waals surface area contributed by atoms with E-state index in [1.165, 1.54) is 13.3 Å². The fraction of sp³-hybridized carbons (Fsp3) is 0.542. The Morgan fingerprint density at radius 1 is 1.19 bits per heavy atom. The maximum Gasteiger partial charge on any atom is 0.217 e. The number of hydrogen-bond donors (Lipinski definition) is 1. The molecule has 3 heterocycles. The lowest BCUT2D eigenvalue weighted by atomic mass is 9.93. The van der Waals surface area contributed by atoms with Crippen LogP contribution in [0.3, 0.4) is 0 Å². The van der Waals surface area contributed by atoms with Gasteiger partial charge in [-0.05, 0) is 36.5 Å². The van der Waals surface area contributed by atoms with E-state index in [0.717, 1.165) is 37.2 Å². The zero-order valence-electron chi connectivity index (χ0n) is 19.3. The van der Waals surface area contributed by atoms with Crippen LogP contribution in [0.25, 0.3) is 0 Å². The number of carbonyl (C=O) groups excluding carboxylic acids is 1. The van der Waals surface area contributed by atoms with Crippen molar-refractivity contribution in [2.75, 3.05) is 36.0 Å². The molecule has 0 saturated carbocycles. The molecule has 0 radical (unpaired) electrons. The van der Waals surface area contributed by atoms with E-state index in [0.29, 0.717) is 24.7 Å². The average molecular weight is 442 g/mol. The standard InChI is InChI=1S/C24H32FN5O2/c1-16(28-17(2)31)18-5-7-19(8-6-18)32-20-9-11-29(13-20)22-21(25)23(27-15-26-22)30-12-10-24(3,4)14-30/h5-8,15-16,20H,9-14H2,1-4H3,(H,28,31)/t16-,20+/m0/s1. The van der Waals surface area contributed by atoms with Crippen LogP contribution in [0.15, 0.2) is 30.6 Å². The van der Waals surface area contributed by atoms with Gasteiger partial charge in [0.25, 0.3) is 0 Å². The molecule has 0 aliphatic carbocycles. The second kappa shape index (κ2) is 8.92. The summed E-state index contributed by atoms with van der Waals surface area (Å²) in [4.78, 5) is 23.7. The molecule has 1 aromatic carbocycles. The van der Waals surface area contributed by atoms with Crippen molar-refractivity contribution in [3.05, 3.63) is 42.0 Å². The molecule has 0 spiro atoms. The second-order valence-electron chi connectivity index (χ2n) is 9.64. The first kappa shape index (κ1) is 22.3. The van der Waals surface area contributed by atoms with Crippen LogP contribution >= 0.6 is 0 Å². The highest BCUT2D eigenvalue weighted by molar-refractivity contribution is 5.73. The lowest BCUT2D eigenvalue weighted by Crippen LogP contribution is -2.29. The zero-order valence-corrected chi connectivity index (χ0v) is 19.3. The van der Waals surface area contributed by atoms with Gasteiger partial charge in [-0.2, -0.15) is 4.39 Å². The minimum atomic E-state index is -0.345. The topological polar surface area (TPSA) is 70.6 Å². The molecule has 0 bridgehead atoms. The van der Waals surface area contributed by atoms with E-state index >= 15 is 4.39 Å². The Hall–Kier alpha value is -2.90. The molecule has 7 nitrogen and oxygen atoms in total. The third-order valence-corrected chi connectivity index (χ3v) is 6.28. The van der Waals surface area contributed by atoms with Crippen molar-refractivity contribution in [3.8, 4) is 5.75 Å². The molecule has 2 aliphatic heterocycles. The van der Waals surface area contributed by atoms with Crippen LogP contribution in [0.1, 0.15) is 52.1 Å². The van der Waals surface area contributed by atoms with Crippen LogP contribution in [-0.2, 0) is 4.79 Å². The lowest BCUT2D eigenvalue weighted by Gasteiger charge is -2.24. The highest BCUT2D eigenvalue weighted by Gasteiger charge is 2.34. The number of anilines is 2. The molecule has 172 valence electrons. The fourth-order valence-corrected chi connectivity index (χ4v) is 4.52. The molecule has 2 saturated heterocycles. The molecule has 1 aromatic heterocycles. The molecule has 2 aromatic rings. The van der Waals surface area contributed by atoms with Gasteiger partial charge in [-0.3, -0.25) is 4.79 Å². The summed E-state index contributed by atoms with van der Waals surface area (Å²) < 4.78 is 21.4. The van der Waals surface area contributed by atoms with Gasteiger partial charge >= 0.3 is 0 Å². The van der Waals surface area contributed by atoms with Gasteiger partial charge in [-0.25, -0.2) is 9.97 Å². The largest absolute Gasteiger partial charge is 0.489 e. The third kappa shape index (κ3) is 4.95. The summed E-state index contributed by atoms with van der Waals surface area (Å²) in [6.45, 7) is 10.7. The van der Waals surface area contributed by atoms with Crippen LogP contribution in [0.4, 0.5) is 16.0 Å². The van der Waals surface area contributed by atoms with Gasteiger partial charge in [0.2, 0.25) is 11.7 Å². The first-order valence-electron chi connectivity index (χ1n) is 11.3. The highest BCUT2D eigenvalue weighted by atomic mass is 19.1. The number of carbonyl (C=O) groups is 1. The number of ether oxygens (including phenoxy) is 1. The predicted molar refractivity (Wildman–Crippen MR) is 123 cm³/mol. The molecule has 32 heavy (non-hydrogen) atoms. The van der Waals surface area contributed by atoms with Gasteiger partial charge in [0.1, 0.15) is 18.2 Å². The van der Waals surface area contributed by atoms with Crippen LogP contribution in [0.2, 0.25) is 0 Å². The molecule has 1 amide bonds. The van der Waals surface area contributed by atoms with Crippen molar-refractivity contribution in [2.45, 2.75) is 52.7 Å². The van der Waals surface area contributed by atoms with E-state index < -0.39 is 0 Å². The molecule has 4 rings (SSSR count). The predicted octanol–water partition coefficient (Wildman–Crippen LogP) is 3.71. The van der Waals surface area contributed by atoms with Crippen molar-refractivity contribution in [3.63, 3.8) is 0 Å². The van der Waals surface area contributed by atoms with Crippen molar-refractivity contribution < 1.29 is 13.9 Å². The Morgan fingerprint density at radius 3 is 2.50 bits per heavy atom. The van der Waals surface area contributed by atoms with Crippen LogP contribution < -0.4 is 19.9 Å². The molecule has 2 fully saturated rings. The van der Waals surface area contributed by atoms with Crippen LogP contribution in [0.5, 0.6) is 5.75 Å². The number of halogens is 1. The van der Waals surface area contributed by atoms with Crippen LogP contribution in [0, 0.1) is 11.2 Å². The van der Waals surface area contributed by atoms with Gasteiger partial charge in [0, 0.05) is 33.0 Å². The molecule has 0 unspecified atom stereocenters. The monoisotopic (exact) mass is 441 g/mol. The molecular formula is C24H32FN5O2. The van der Waals surface area contributed by atoms with Crippen molar-refractivity contribution >= 4 is 17.5 Å². The number of nitrogens with one attached hydrogen (secondary N) is 1. The number of amides is 1. The minimum Gasteiger partial charge on any atom is -0.489 e. The maximum atomic E-state index is 15.3. The molecule has 1 N–H and O–H groups in total. The third-order valence-electron chi connectivity index (χ3n) is 6.28. The summed E-state index contributed by atoms with van der Waals surface area (Å²) in [5.41, 5.74) is 1.18. The van der Waals surface area contributed by atoms with Gasteiger partial charge in [-0.15, -0.1) is 0 Å². The molecule has 2 atom stereocenters. The normalized spacial score (nSPS) is 21.0. The number of nitrogens with zero attached hydrogens (tertiary/aromatic N) is 4. The summed E-state index contributed by atoms with van der Waals surface area (Å²) in [7, 11) is 0. The average Bonchev–Trinajstić information content (AvgIpc) is 3.34. The Bertz CT molecular complexity index is 965. The van der Waals surface area contributed by atoms with Gasteiger partial charge in [0.05, 0.1) is 12.6 Å². The van der Waals surface area contributed by atoms with Gasteiger partial charge < -0.3 is 19.9 Å². The van der Waals surface area contributed by atoms with Crippen molar-refractivity contribution in [2.24, 2.45) is 5.41 Å². The lowest BCUT2D eigenvalue weighted by molar-refractivity contribution is -0.119. The Kier molecular flexibility index (Phi) is 6.22. The van der Waals surface area contributed by atoms with E-state index in [-0.39, 0.29) is 29.3 Å². The summed E-state index contributed by atoms with van der Waals surface area (Å²) in [5, 5.41) is 2.87. The Balaban J connectivity index is 1.39. The number of hydrogen-bond acceptors (Lipinski definition) is 6. The Morgan fingerprint density at radius 2 is 1.88 bits per heavy atom. The van der Waals surface area contributed by atoms with Crippen molar-refractivity contribution in [1.82, 2.24) is 15.3 Å². The first-order chi connectivity index (χ1) is 15.2. The van der Waals surface area contributed by atoms with Crippen LogP contribution in [-0.4, -0.2) is 48.2 Å². The quantitative estimate of drug-likeness (QED) is 0.737. The van der Waals surface area contributed by atoms with E-state index in [9.17, 15) is 4.79 Å². The molecule has 8 heteroatoms. The summed E-state index contributed by atoms with van der Waals surface area (Å²) >= 11 is 0. The summed E-state index contributed by atoms with van der Waals surface area (Å²) in [5.74, 6) is 1.11. The summed E-state index contributed by atoms with van der Waals surface area (Å²) in [6, 6.07) is 7.68. The smallest absolute Gasteiger partial charge is 0.217 e. The van der Waals surface area contributed by atoms with E-state index in [1.807, 2.05) is 41.0 Å². The van der Waals surface area contributed by atoms with E-state index in [4.69, 9.17) is 4.74 Å². The minimum absolute atomic E-state index is 0.0443. The van der Waals surface area contributed by atoms with Crippen molar-refractivity contribution in [1.29, 1.82) is 0 Å². The number of aromatic nitrogens is 2. The summed E-state index contributed by atoms with van der Waals surface area (Å²) in [6.07, 6.45) is 3.23. The SMILES string of the molecule is CC(=O)N[C@@H](C)c1ccc(O[C@@H]2CCN(c3ncnc(N4CCC(C)(C)C4)c3F)C2)cc1. The number of benzene rings is 1. The van der Waals surface area contributed by atoms with Gasteiger partial charge in [0.15, 0.2) is 11.6 Å². The van der Waals surface area contributed by atoms with E-state index in [2.05, 4.69) is 29.1 Å². The maximum absolute atomic E-state index is 15.3. The Labute approximate surface area is 189 Å². The highest BCUT2D eigenvalue weighted by Crippen LogP contribution is 2.35. The fourth-order valence-electron chi connectivity index (χ4n) is 4.52. The van der Waals surface area contributed by atoms with Gasteiger partial charge in [-0.1, -0.05) is 26.0 Å². The number of rotatable bonds is 6. The second-order valence-corrected chi connectivity index (χ2v) is 9.64. The van der Waals surface area contributed by atoms with E-state index in [1.54, 1.807) is 0 Å².